The van der Waals surface area contributed by atoms with Gasteiger partial charge in [-0.3, -0.25) is 9.59 Å². The van der Waals surface area contributed by atoms with Crippen LogP contribution >= 0.6 is 0 Å². The number of ether oxygens (including phenoxy) is 2. The fourth-order valence-corrected chi connectivity index (χ4v) is 6.63. The Bertz CT molecular complexity index is 1180. The van der Waals surface area contributed by atoms with Crippen molar-refractivity contribution in [3.8, 4) is 5.75 Å². The van der Waals surface area contributed by atoms with Crippen LogP contribution < -0.4 is 10.1 Å². The number of aliphatic hydroxyl groups excluding tert-OH is 2. The Balaban J connectivity index is 1.41. The topological polar surface area (TPSA) is 166 Å². The van der Waals surface area contributed by atoms with Crippen LogP contribution in [0.5, 0.6) is 5.75 Å². The number of rotatable bonds is 8. The van der Waals surface area contributed by atoms with Gasteiger partial charge in [0.1, 0.15) is 23.7 Å². The van der Waals surface area contributed by atoms with Crippen molar-refractivity contribution in [2.75, 3.05) is 13.6 Å². The number of likely N-dealkylation sites (N-methyl/N-ethyl adjacent to an activating group) is 1. The second kappa shape index (κ2) is 9.09. The number of amides is 1. The summed E-state index contributed by atoms with van der Waals surface area (Å²) in [7, 11) is 1.99. The minimum absolute atomic E-state index is 0.159. The van der Waals surface area contributed by atoms with E-state index >= 15 is 0 Å². The van der Waals surface area contributed by atoms with Crippen LogP contribution in [0.15, 0.2) is 24.0 Å². The first kappa shape index (κ1) is 25.7. The highest BCUT2D eigenvalue weighted by atomic mass is 16.6. The molecule has 1 spiro atoms. The van der Waals surface area contributed by atoms with E-state index in [0.717, 1.165) is 11.1 Å². The SMILES string of the molecule is C[C@H](O)C(=O)N[C@@H](CCC(=O)OC1=CC[C@@]2(O)[C@H]3Cc4ccc(CO)c5c4[C@@]2(CCN3C)[C@H]1O5)C(=O)O. The van der Waals surface area contributed by atoms with Crippen molar-refractivity contribution >= 4 is 17.8 Å². The number of piperidine rings is 1. The Morgan fingerprint density at radius 2 is 2.08 bits per heavy atom. The first-order valence-electron chi connectivity index (χ1n) is 12.5. The molecule has 37 heavy (non-hydrogen) atoms. The van der Waals surface area contributed by atoms with Gasteiger partial charge in [0.25, 0.3) is 0 Å². The van der Waals surface area contributed by atoms with Crippen molar-refractivity contribution in [1.82, 2.24) is 10.2 Å². The number of carbonyl (C=O) groups excluding carboxylic acids is 2. The molecule has 11 nitrogen and oxygen atoms in total. The summed E-state index contributed by atoms with van der Waals surface area (Å²) < 4.78 is 12.1. The van der Waals surface area contributed by atoms with E-state index in [4.69, 9.17) is 9.47 Å². The maximum Gasteiger partial charge on any atom is 0.326 e. The van der Waals surface area contributed by atoms with Crippen molar-refractivity contribution < 1.29 is 44.3 Å². The average Bonchev–Trinajstić information content (AvgIpc) is 3.21. The normalized spacial score (nSPS) is 30.9. The first-order valence-corrected chi connectivity index (χ1v) is 12.5. The van der Waals surface area contributed by atoms with Gasteiger partial charge in [-0.15, -0.1) is 0 Å². The minimum Gasteiger partial charge on any atom is -0.481 e. The molecule has 200 valence electrons. The van der Waals surface area contributed by atoms with Crippen LogP contribution in [0.4, 0.5) is 0 Å². The summed E-state index contributed by atoms with van der Waals surface area (Å²) in [4.78, 5) is 38.2. The second-order valence-corrected chi connectivity index (χ2v) is 10.5. The molecule has 6 atom stereocenters. The predicted molar refractivity (Wildman–Crippen MR) is 127 cm³/mol. The van der Waals surface area contributed by atoms with Crippen LogP contribution in [0.1, 0.15) is 49.3 Å². The lowest BCUT2D eigenvalue weighted by Gasteiger charge is -2.61. The van der Waals surface area contributed by atoms with Crippen molar-refractivity contribution in [3.05, 3.63) is 40.7 Å². The van der Waals surface area contributed by atoms with Crippen molar-refractivity contribution in [3.63, 3.8) is 0 Å². The van der Waals surface area contributed by atoms with Crippen LogP contribution in [-0.4, -0.2) is 86.7 Å². The first-order chi connectivity index (χ1) is 17.5. The molecule has 1 fully saturated rings. The number of nitrogens with one attached hydrogen (secondary N) is 1. The lowest BCUT2D eigenvalue weighted by Crippen LogP contribution is -2.74. The van der Waals surface area contributed by atoms with Gasteiger partial charge in [-0.1, -0.05) is 12.1 Å². The summed E-state index contributed by atoms with van der Waals surface area (Å²) in [6.07, 6.45) is 0.423. The third-order valence-corrected chi connectivity index (χ3v) is 8.49. The van der Waals surface area contributed by atoms with Gasteiger partial charge in [-0.25, -0.2) is 4.79 Å². The monoisotopic (exact) mass is 516 g/mol. The molecule has 1 aromatic rings. The van der Waals surface area contributed by atoms with Crippen LogP contribution in [-0.2, 0) is 37.6 Å². The van der Waals surface area contributed by atoms with Crippen LogP contribution in [0.2, 0.25) is 0 Å². The van der Waals surface area contributed by atoms with E-state index in [1.807, 2.05) is 19.2 Å². The number of likely N-dealkylation sites (tertiary alicyclic amines) is 1. The Kier molecular flexibility index (Phi) is 6.30. The molecule has 2 bridgehead atoms. The second-order valence-electron chi connectivity index (χ2n) is 10.5. The van der Waals surface area contributed by atoms with E-state index < -0.39 is 47.1 Å². The zero-order valence-corrected chi connectivity index (χ0v) is 20.8. The van der Waals surface area contributed by atoms with Gasteiger partial charge in [0.2, 0.25) is 5.91 Å². The Labute approximate surface area is 213 Å². The van der Waals surface area contributed by atoms with Gasteiger partial charge in [-0.05, 0) is 51.4 Å². The highest BCUT2D eigenvalue weighted by Crippen LogP contribution is 2.64. The minimum atomic E-state index is -1.39. The molecule has 5 rings (SSSR count). The largest absolute Gasteiger partial charge is 0.481 e. The molecular weight excluding hydrogens is 484 g/mol. The van der Waals surface area contributed by atoms with Crippen LogP contribution in [0.3, 0.4) is 0 Å². The molecule has 11 heteroatoms. The molecule has 2 aliphatic carbocycles. The molecule has 0 saturated carbocycles. The molecule has 4 aliphatic rings. The molecule has 0 unspecified atom stereocenters. The maximum atomic E-state index is 12.8. The number of hydrogen-bond acceptors (Lipinski definition) is 9. The van der Waals surface area contributed by atoms with Crippen molar-refractivity contribution in [2.45, 2.75) is 80.9 Å². The van der Waals surface area contributed by atoms with Crippen LogP contribution in [0.25, 0.3) is 0 Å². The zero-order valence-electron chi connectivity index (χ0n) is 20.8. The Morgan fingerprint density at radius 1 is 1.32 bits per heavy atom. The van der Waals surface area contributed by atoms with Crippen molar-refractivity contribution in [1.29, 1.82) is 0 Å². The predicted octanol–water partition coefficient (Wildman–Crippen LogP) is -0.270. The number of nitrogens with zero attached hydrogens (tertiary/aromatic N) is 1. The summed E-state index contributed by atoms with van der Waals surface area (Å²) in [5, 5.41) is 43.1. The number of hydrogen-bond donors (Lipinski definition) is 5. The lowest BCUT2D eigenvalue weighted by molar-refractivity contribution is -0.169. The number of carboxylic acids is 1. The summed E-state index contributed by atoms with van der Waals surface area (Å²) >= 11 is 0. The average molecular weight is 517 g/mol. The highest BCUT2D eigenvalue weighted by Gasteiger charge is 2.71. The van der Waals surface area contributed by atoms with E-state index in [9.17, 15) is 34.8 Å². The van der Waals surface area contributed by atoms with E-state index in [1.165, 1.54) is 6.92 Å². The Morgan fingerprint density at radius 3 is 2.76 bits per heavy atom. The number of carbonyl (C=O) groups is 3. The van der Waals surface area contributed by atoms with Gasteiger partial charge >= 0.3 is 11.9 Å². The number of esters is 1. The smallest absolute Gasteiger partial charge is 0.326 e. The van der Waals surface area contributed by atoms with E-state index in [1.54, 1.807) is 6.08 Å². The number of aliphatic carboxylic acids is 1. The van der Waals surface area contributed by atoms with Gasteiger partial charge in [0, 0.05) is 30.0 Å². The van der Waals surface area contributed by atoms with E-state index in [2.05, 4.69) is 10.2 Å². The lowest BCUT2D eigenvalue weighted by atomic mass is 9.50. The number of aliphatic hydroxyl groups is 3. The number of benzene rings is 1. The van der Waals surface area contributed by atoms with E-state index in [0.29, 0.717) is 30.7 Å². The molecular formula is C26H32N2O9. The van der Waals surface area contributed by atoms with Gasteiger partial charge < -0.3 is 40.1 Å². The molecule has 1 amide bonds. The molecule has 1 aromatic carbocycles. The van der Waals surface area contributed by atoms with Gasteiger partial charge in [0.15, 0.2) is 6.10 Å². The standard InChI is InChI=1S/C26H32N2O9/c1-13(30)23(32)27-16(24(33)34)5-6-19(31)36-17-7-8-26(35)18-11-14-3-4-15(12-29)21-20(14)25(26,22(17)37-21)9-10-28(18)2/h3-4,7,13,16,18,22,29-30,35H,5-6,8-12H2,1-2H3,(H,27,32)(H,33,34)/t13-,16-,18+,22-,25-,26+/m0/s1. The molecule has 0 aromatic heterocycles. The summed E-state index contributed by atoms with van der Waals surface area (Å²) in [5.41, 5.74) is 0.515. The fourth-order valence-electron chi connectivity index (χ4n) is 6.63. The van der Waals surface area contributed by atoms with Crippen molar-refractivity contribution in [2.24, 2.45) is 0 Å². The van der Waals surface area contributed by atoms with Gasteiger partial charge in [0.05, 0.1) is 17.6 Å². The molecule has 1 saturated heterocycles. The molecule has 2 heterocycles. The maximum absolute atomic E-state index is 12.8. The highest BCUT2D eigenvalue weighted by molar-refractivity contribution is 5.86. The fraction of sp³-hybridized carbons (Fsp3) is 0.577. The Hall–Kier alpha value is -2.99. The molecule has 5 N–H and O–H groups in total. The summed E-state index contributed by atoms with van der Waals surface area (Å²) in [6, 6.07) is 2.27. The quantitative estimate of drug-likeness (QED) is 0.290. The van der Waals surface area contributed by atoms with Gasteiger partial charge in [-0.2, -0.15) is 0 Å². The zero-order chi connectivity index (χ0) is 26.7. The summed E-state index contributed by atoms with van der Waals surface area (Å²) in [6.45, 7) is 1.69. The van der Waals surface area contributed by atoms with E-state index in [-0.39, 0.29) is 37.7 Å². The number of carboxylic acid groups (broad SMARTS) is 1. The molecule has 2 aliphatic heterocycles. The summed E-state index contributed by atoms with van der Waals surface area (Å²) in [5.74, 6) is -2.10. The van der Waals surface area contributed by atoms with Crippen LogP contribution in [0, 0.1) is 0 Å². The third kappa shape index (κ3) is 3.75. The molecule has 0 radical (unpaired) electrons. The third-order valence-electron chi connectivity index (χ3n) is 8.49.